The Labute approximate surface area is 162 Å². The number of nitrogens with zero attached hydrogens (tertiary/aromatic N) is 4. The van der Waals surface area contributed by atoms with E-state index in [-0.39, 0.29) is 11.5 Å². The quantitative estimate of drug-likeness (QED) is 0.740. The molecule has 0 saturated carbocycles. The monoisotopic (exact) mass is 376 g/mol. The molecule has 0 unspecified atom stereocenters. The average Bonchev–Trinajstić information content (AvgIpc) is 3.40. The molecule has 7 nitrogen and oxygen atoms in total. The van der Waals surface area contributed by atoms with Gasteiger partial charge in [-0.1, -0.05) is 35.5 Å². The second-order valence-electron chi connectivity index (χ2n) is 6.85. The van der Waals surface area contributed by atoms with Gasteiger partial charge in [0.1, 0.15) is 5.69 Å². The Morgan fingerprint density at radius 2 is 1.71 bits per heavy atom. The molecule has 1 aliphatic rings. The summed E-state index contributed by atoms with van der Waals surface area (Å²) in [7, 11) is 0. The number of carboxylic acids is 1. The Morgan fingerprint density at radius 1 is 1.00 bits per heavy atom. The molecule has 28 heavy (non-hydrogen) atoms. The van der Waals surface area contributed by atoms with Crippen molar-refractivity contribution in [2.45, 2.75) is 19.4 Å². The fraction of sp³-hybridized carbons (Fsp3) is 0.238. The highest BCUT2D eigenvalue weighted by molar-refractivity contribution is 5.95. The van der Waals surface area contributed by atoms with Crippen LogP contribution in [0.2, 0.25) is 0 Å². The summed E-state index contributed by atoms with van der Waals surface area (Å²) in [6.45, 7) is 2.15. The summed E-state index contributed by atoms with van der Waals surface area (Å²) in [6, 6.07) is 14.2. The molecule has 1 amide bonds. The van der Waals surface area contributed by atoms with Crippen LogP contribution < -0.4 is 0 Å². The van der Waals surface area contributed by atoms with Crippen LogP contribution >= 0.6 is 0 Å². The number of hydrogen-bond donors (Lipinski definition) is 1. The van der Waals surface area contributed by atoms with Crippen molar-refractivity contribution in [2.75, 3.05) is 13.1 Å². The Balaban J connectivity index is 1.49. The number of rotatable bonds is 5. The van der Waals surface area contributed by atoms with E-state index in [1.54, 1.807) is 35.1 Å². The van der Waals surface area contributed by atoms with Crippen LogP contribution in [0.15, 0.2) is 54.7 Å². The number of benzene rings is 2. The molecule has 2 aromatic carbocycles. The summed E-state index contributed by atoms with van der Waals surface area (Å²) in [5.41, 5.74) is 2.92. The second-order valence-corrected chi connectivity index (χ2v) is 6.85. The van der Waals surface area contributed by atoms with Gasteiger partial charge in [0, 0.05) is 24.2 Å². The predicted octanol–water partition coefficient (Wildman–Crippen LogP) is 2.93. The largest absolute Gasteiger partial charge is 0.478 e. The third kappa shape index (κ3) is 3.64. The van der Waals surface area contributed by atoms with Crippen LogP contribution in [0, 0.1) is 0 Å². The number of aromatic nitrogens is 3. The molecule has 0 bridgehead atoms. The maximum absolute atomic E-state index is 12.4. The van der Waals surface area contributed by atoms with Gasteiger partial charge in [-0.15, -0.1) is 5.10 Å². The number of carboxylic acid groups (broad SMARTS) is 1. The molecule has 1 fully saturated rings. The maximum atomic E-state index is 12.4. The van der Waals surface area contributed by atoms with Crippen LogP contribution in [0.25, 0.3) is 11.3 Å². The van der Waals surface area contributed by atoms with Crippen LogP contribution in [0.5, 0.6) is 0 Å². The molecule has 7 heteroatoms. The lowest BCUT2D eigenvalue weighted by Gasteiger charge is -2.15. The van der Waals surface area contributed by atoms with Crippen molar-refractivity contribution in [3.8, 4) is 11.3 Å². The zero-order valence-electron chi connectivity index (χ0n) is 15.3. The van der Waals surface area contributed by atoms with Crippen molar-refractivity contribution in [3.63, 3.8) is 0 Å². The van der Waals surface area contributed by atoms with E-state index in [4.69, 9.17) is 0 Å². The van der Waals surface area contributed by atoms with Crippen molar-refractivity contribution >= 4 is 11.9 Å². The highest BCUT2D eigenvalue weighted by Gasteiger charge is 2.19. The van der Waals surface area contributed by atoms with Crippen molar-refractivity contribution in [3.05, 3.63) is 71.4 Å². The molecule has 142 valence electrons. The van der Waals surface area contributed by atoms with Gasteiger partial charge in [0.05, 0.1) is 18.3 Å². The summed E-state index contributed by atoms with van der Waals surface area (Å²) in [5, 5.41) is 17.6. The van der Waals surface area contributed by atoms with E-state index in [1.807, 2.05) is 29.2 Å². The van der Waals surface area contributed by atoms with Gasteiger partial charge in [-0.2, -0.15) is 0 Å². The first-order valence-corrected chi connectivity index (χ1v) is 9.23. The molecule has 1 saturated heterocycles. The van der Waals surface area contributed by atoms with E-state index in [2.05, 4.69) is 10.3 Å². The summed E-state index contributed by atoms with van der Waals surface area (Å²) < 4.78 is 1.66. The van der Waals surface area contributed by atoms with E-state index in [9.17, 15) is 14.7 Å². The third-order valence-corrected chi connectivity index (χ3v) is 4.91. The molecule has 0 radical (unpaired) electrons. The molecule has 0 atom stereocenters. The van der Waals surface area contributed by atoms with Crippen LogP contribution in [0.3, 0.4) is 0 Å². The lowest BCUT2D eigenvalue weighted by Crippen LogP contribution is -2.27. The first-order valence-electron chi connectivity index (χ1n) is 9.23. The summed E-state index contributed by atoms with van der Waals surface area (Å²) in [6.07, 6.45) is 3.87. The molecule has 1 aromatic heterocycles. The van der Waals surface area contributed by atoms with Crippen LogP contribution in [0.4, 0.5) is 0 Å². The van der Waals surface area contributed by atoms with Gasteiger partial charge < -0.3 is 10.0 Å². The zero-order chi connectivity index (χ0) is 19.5. The Morgan fingerprint density at radius 3 is 2.43 bits per heavy atom. The van der Waals surface area contributed by atoms with Gasteiger partial charge in [0.25, 0.3) is 5.91 Å². The van der Waals surface area contributed by atoms with Crippen LogP contribution in [-0.2, 0) is 6.54 Å². The normalized spacial score (nSPS) is 13.6. The minimum absolute atomic E-state index is 0.0809. The molecular formula is C21H20N4O3. The highest BCUT2D eigenvalue weighted by Crippen LogP contribution is 2.21. The smallest absolute Gasteiger partial charge is 0.336 e. The average molecular weight is 376 g/mol. The van der Waals surface area contributed by atoms with Gasteiger partial charge in [0.2, 0.25) is 0 Å². The standard InChI is InChI=1S/C21H20N4O3/c26-20(24-11-3-4-12-24)16-9-7-15(8-10-16)13-25-14-19(22-23-25)17-5-1-2-6-18(17)21(27)28/h1-2,5-10,14H,3-4,11-13H2,(H,27,28). The van der Waals surface area contributed by atoms with Crippen LogP contribution in [0.1, 0.15) is 39.1 Å². The number of carbonyl (C=O) groups is 2. The fourth-order valence-electron chi connectivity index (χ4n) is 3.43. The first-order chi connectivity index (χ1) is 13.6. The number of carbonyl (C=O) groups excluding carboxylic acids is 1. The van der Waals surface area contributed by atoms with Crippen molar-refractivity contribution in [2.24, 2.45) is 0 Å². The Kier molecular flexibility index (Phi) is 4.89. The third-order valence-electron chi connectivity index (χ3n) is 4.91. The maximum Gasteiger partial charge on any atom is 0.336 e. The van der Waals surface area contributed by atoms with Crippen molar-refractivity contribution in [1.29, 1.82) is 0 Å². The van der Waals surface area contributed by atoms with Crippen LogP contribution in [-0.4, -0.2) is 50.0 Å². The summed E-state index contributed by atoms with van der Waals surface area (Å²) in [4.78, 5) is 25.7. The number of likely N-dealkylation sites (tertiary alicyclic amines) is 1. The van der Waals surface area contributed by atoms with Gasteiger partial charge in [-0.25, -0.2) is 9.48 Å². The predicted molar refractivity (Wildman–Crippen MR) is 103 cm³/mol. The summed E-state index contributed by atoms with van der Waals surface area (Å²) >= 11 is 0. The van der Waals surface area contributed by atoms with Crippen molar-refractivity contribution in [1.82, 2.24) is 19.9 Å². The van der Waals surface area contributed by atoms with Gasteiger partial charge in [0.15, 0.2) is 0 Å². The molecular weight excluding hydrogens is 356 g/mol. The molecule has 0 spiro atoms. The zero-order valence-corrected chi connectivity index (χ0v) is 15.3. The molecule has 4 rings (SSSR count). The van der Waals surface area contributed by atoms with E-state index < -0.39 is 5.97 Å². The number of aromatic carboxylic acids is 1. The number of hydrogen-bond acceptors (Lipinski definition) is 4. The minimum atomic E-state index is -0.997. The molecule has 0 aliphatic carbocycles. The highest BCUT2D eigenvalue weighted by atomic mass is 16.4. The molecule has 1 aliphatic heterocycles. The lowest BCUT2D eigenvalue weighted by atomic mass is 10.1. The second kappa shape index (κ2) is 7.64. The van der Waals surface area contributed by atoms with E-state index >= 15 is 0 Å². The van der Waals surface area contributed by atoms with Gasteiger partial charge in [-0.3, -0.25) is 4.79 Å². The SMILES string of the molecule is O=C(O)c1ccccc1-c1cn(Cc2ccc(C(=O)N3CCCC3)cc2)nn1. The molecule has 3 aromatic rings. The Bertz CT molecular complexity index is 1000. The Hall–Kier alpha value is -3.48. The van der Waals surface area contributed by atoms with Gasteiger partial charge >= 0.3 is 5.97 Å². The number of amides is 1. The molecule has 2 heterocycles. The van der Waals surface area contributed by atoms with Gasteiger partial charge in [-0.05, 0) is 36.6 Å². The topological polar surface area (TPSA) is 88.3 Å². The fourth-order valence-corrected chi connectivity index (χ4v) is 3.43. The van der Waals surface area contributed by atoms with Crippen molar-refractivity contribution < 1.29 is 14.7 Å². The van der Waals surface area contributed by atoms with E-state index in [0.29, 0.717) is 23.4 Å². The first kappa shape index (κ1) is 17.9. The summed E-state index contributed by atoms with van der Waals surface area (Å²) in [5.74, 6) is -0.916. The van der Waals surface area contributed by atoms with E-state index in [0.717, 1.165) is 31.5 Å². The van der Waals surface area contributed by atoms with E-state index in [1.165, 1.54) is 0 Å². The lowest BCUT2D eigenvalue weighted by molar-refractivity contribution is 0.0697. The molecule has 1 N–H and O–H groups in total. The minimum Gasteiger partial charge on any atom is -0.478 e.